The second-order valence-corrected chi connectivity index (χ2v) is 5.11. The van der Waals surface area contributed by atoms with Crippen molar-refractivity contribution in [3.8, 4) is 17.2 Å². The van der Waals surface area contributed by atoms with Gasteiger partial charge in [0.15, 0.2) is 11.5 Å². The number of aliphatic imine (C=N–C) groups is 1. The predicted molar refractivity (Wildman–Crippen MR) is 72.3 cm³/mol. The molecule has 1 aromatic rings. The van der Waals surface area contributed by atoms with Crippen LogP contribution in [0.15, 0.2) is 17.1 Å². The molecule has 5 heteroatoms. The summed E-state index contributed by atoms with van der Waals surface area (Å²) in [5.41, 5.74) is 0.369. The number of isocyanates is 1. The zero-order chi connectivity index (χ0) is 14.0. The minimum Gasteiger partial charge on any atom is -0.492 e. The molecule has 2 aliphatic rings. The summed E-state index contributed by atoms with van der Waals surface area (Å²) in [7, 11) is 1.60. The van der Waals surface area contributed by atoms with Crippen molar-refractivity contribution in [3.63, 3.8) is 0 Å². The summed E-state index contributed by atoms with van der Waals surface area (Å²) in [6.07, 6.45) is 5.48. The van der Waals surface area contributed by atoms with Gasteiger partial charge in [0.25, 0.3) is 0 Å². The number of benzene rings is 1. The maximum Gasteiger partial charge on any atom is 0.235 e. The molecule has 5 nitrogen and oxygen atoms in total. The molecule has 0 spiro atoms. The van der Waals surface area contributed by atoms with Gasteiger partial charge in [-0.15, -0.1) is 0 Å². The molecule has 1 aromatic carbocycles. The van der Waals surface area contributed by atoms with Gasteiger partial charge in [-0.25, -0.2) is 4.79 Å². The normalized spacial score (nSPS) is 19.2. The van der Waals surface area contributed by atoms with E-state index in [4.69, 9.17) is 14.2 Å². The molecule has 0 amide bonds. The number of methoxy groups -OCH3 is 1. The summed E-state index contributed by atoms with van der Waals surface area (Å²) in [4.78, 5) is 14.9. The first-order valence-corrected chi connectivity index (χ1v) is 6.87. The summed E-state index contributed by atoms with van der Waals surface area (Å²) in [5, 5.41) is 0. The number of rotatable bonds is 3. The fraction of sp³-hybridized carbons (Fsp3) is 0.533. The monoisotopic (exact) mass is 275 g/mol. The zero-order valence-electron chi connectivity index (χ0n) is 11.5. The quantitative estimate of drug-likeness (QED) is 0.628. The highest BCUT2D eigenvalue weighted by atomic mass is 16.6. The highest BCUT2D eigenvalue weighted by Crippen LogP contribution is 2.51. The Hall–Kier alpha value is -2.00. The molecule has 1 fully saturated rings. The highest BCUT2D eigenvalue weighted by molar-refractivity contribution is 5.59. The molecule has 0 radical (unpaired) electrons. The van der Waals surface area contributed by atoms with Crippen molar-refractivity contribution in [3.05, 3.63) is 17.7 Å². The van der Waals surface area contributed by atoms with E-state index in [0.29, 0.717) is 30.5 Å². The van der Waals surface area contributed by atoms with Crippen LogP contribution >= 0.6 is 0 Å². The van der Waals surface area contributed by atoms with Crippen LogP contribution in [-0.4, -0.2) is 26.4 Å². The molecule has 0 N–H and O–H groups in total. The van der Waals surface area contributed by atoms with Crippen LogP contribution in [0.1, 0.15) is 31.2 Å². The van der Waals surface area contributed by atoms with Crippen molar-refractivity contribution >= 4 is 6.08 Å². The van der Waals surface area contributed by atoms with Crippen molar-refractivity contribution < 1.29 is 19.0 Å². The Morgan fingerprint density at radius 2 is 2.00 bits per heavy atom. The van der Waals surface area contributed by atoms with Crippen LogP contribution in [0.2, 0.25) is 0 Å². The third kappa shape index (κ3) is 1.95. The molecule has 1 aliphatic heterocycles. The topological polar surface area (TPSA) is 57.1 Å². The first-order chi connectivity index (χ1) is 9.80. The van der Waals surface area contributed by atoms with Gasteiger partial charge in [-0.1, -0.05) is 12.8 Å². The maximum atomic E-state index is 10.8. The van der Waals surface area contributed by atoms with Crippen LogP contribution in [0.25, 0.3) is 0 Å². The van der Waals surface area contributed by atoms with Crippen LogP contribution in [-0.2, 0) is 10.3 Å². The van der Waals surface area contributed by atoms with Gasteiger partial charge in [-0.05, 0) is 25.0 Å². The average Bonchev–Trinajstić information content (AvgIpc) is 2.96. The molecule has 0 atom stereocenters. The van der Waals surface area contributed by atoms with E-state index in [9.17, 15) is 4.79 Å². The number of hydrogen-bond donors (Lipinski definition) is 0. The smallest absolute Gasteiger partial charge is 0.235 e. The van der Waals surface area contributed by atoms with Crippen molar-refractivity contribution in [2.24, 2.45) is 4.99 Å². The molecule has 1 saturated carbocycles. The third-order valence-electron chi connectivity index (χ3n) is 4.06. The summed E-state index contributed by atoms with van der Waals surface area (Å²) >= 11 is 0. The van der Waals surface area contributed by atoms with Crippen LogP contribution in [0.3, 0.4) is 0 Å². The molecular weight excluding hydrogens is 258 g/mol. The lowest BCUT2D eigenvalue weighted by atomic mass is 9.87. The van der Waals surface area contributed by atoms with Crippen molar-refractivity contribution in [2.45, 2.75) is 31.2 Å². The molecule has 1 heterocycles. The van der Waals surface area contributed by atoms with Gasteiger partial charge in [0.2, 0.25) is 11.8 Å². The fourth-order valence-corrected chi connectivity index (χ4v) is 3.15. The zero-order valence-corrected chi connectivity index (χ0v) is 11.5. The molecule has 0 aromatic heterocycles. The molecule has 106 valence electrons. The van der Waals surface area contributed by atoms with Crippen LogP contribution in [0.4, 0.5) is 0 Å². The fourth-order valence-electron chi connectivity index (χ4n) is 3.15. The van der Waals surface area contributed by atoms with Crippen LogP contribution in [0.5, 0.6) is 17.2 Å². The Morgan fingerprint density at radius 1 is 1.25 bits per heavy atom. The van der Waals surface area contributed by atoms with E-state index in [1.165, 1.54) is 0 Å². The van der Waals surface area contributed by atoms with Gasteiger partial charge in [-0.2, -0.15) is 4.99 Å². The number of carbonyl (C=O) groups excluding carboxylic acids is 1. The first-order valence-electron chi connectivity index (χ1n) is 6.87. The Morgan fingerprint density at radius 3 is 2.70 bits per heavy atom. The molecular formula is C15H17NO4. The number of fused-ring (bicyclic) bond motifs is 1. The van der Waals surface area contributed by atoms with E-state index in [1.807, 2.05) is 12.1 Å². The second-order valence-electron chi connectivity index (χ2n) is 5.11. The summed E-state index contributed by atoms with van der Waals surface area (Å²) in [5.74, 6) is 1.92. The van der Waals surface area contributed by atoms with Gasteiger partial charge < -0.3 is 14.2 Å². The molecule has 20 heavy (non-hydrogen) atoms. The number of nitrogens with zero attached hydrogens (tertiary/aromatic N) is 1. The van der Waals surface area contributed by atoms with Crippen molar-refractivity contribution in [1.29, 1.82) is 0 Å². The van der Waals surface area contributed by atoms with E-state index < -0.39 is 5.54 Å². The lowest BCUT2D eigenvalue weighted by Gasteiger charge is -2.28. The molecule has 1 aliphatic carbocycles. The first kappa shape index (κ1) is 13.0. The highest BCUT2D eigenvalue weighted by Gasteiger charge is 2.40. The largest absolute Gasteiger partial charge is 0.492 e. The molecule has 3 rings (SSSR count). The lowest BCUT2D eigenvalue weighted by Crippen LogP contribution is -2.22. The van der Waals surface area contributed by atoms with Crippen LogP contribution in [0, 0.1) is 0 Å². The van der Waals surface area contributed by atoms with E-state index >= 15 is 0 Å². The summed E-state index contributed by atoms with van der Waals surface area (Å²) < 4.78 is 16.8. The third-order valence-corrected chi connectivity index (χ3v) is 4.06. The van der Waals surface area contributed by atoms with Crippen molar-refractivity contribution in [2.75, 3.05) is 20.3 Å². The SMILES string of the molecule is COc1c(C2(N=C=O)CCCC2)ccc2c1OCCO2. The average molecular weight is 275 g/mol. The molecule has 0 bridgehead atoms. The van der Waals surface area contributed by atoms with E-state index in [-0.39, 0.29) is 0 Å². The van der Waals surface area contributed by atoms with Crippen molar-refractivity contribution in [1.82, 2.24) is 0 Å². The minimum absolute atomic E-state index is 0.497. The van der Waals surface area contributed by atoms with Gasteiger partial charge >= 0.3 is 0 Å². The van der Waals surface area contributed by atoms with E-state index in [2.05, 4.69) is 4.99 Å². The van der Waals surface area contributed by atoms with Gasteiger partial charge in [-0.3, -0.25) is 0 Å². The van der Waals surface area contributed by atoms with Gasteiger partial charge in [0, 0.05) is 5.56 Å². The van der Waals surface area contributed by atoms with Crippen LogP contribution < -0.4 is 14.2 Å². The van der Waals surface area contributed by atoms with Gasteiger partial charge in [0.05, 0.1) is 7.11 Å². The Balaban J connectivity index is 2.15. The standard InChI is InChI=1S/C15H17NO4/c1-18-13-11(15(16-10-17)6-2-3-7-15)4-5-12-14(13)20-9-8-19-12/h4-5H,2-3,6-9H2,1H3. The second kappa shape index (κ2) is 5.17. The summed E-state index contributed by atoms with van der Waals surface area (Å²) in [6, 6.07) is 3.80. The van der Waals surface area contributed by atoms with Gasteiger partial charge in [0.1, 0.15) is 18.8 Å². The number of ether oxygens (including phenoxy) is 3. The predicted octanol–water partition coefficient (Wildman–Crippen LogP) is 2.57. The Bertz CT molecular complexity index is 557. The Labute approximate surface area is 117 Å². The summed E-state index contributed by atoms with van der Waals surface area (Å²) in [6.45, 7) is 1.03. The maximum absolute atomic E-state index is 10.8. The molecule has 0 saturated heterocycles. The molecule has 0 unspecified atom stereocenters. The van der Waals surface area contributed by atoms with E-state index in [0.717, 1.165) is 31.2 Å². The Kier molecular flexibility index (Phi) is 3.36. The number of hydrogen-bond acceptors (Lipinski definition) is 5. The lowest BCUT2D eigenvalue weighted by molar-refractivity contribution is 0.164. The minimum atomic E-state index is -0.525. The van der Waals surface area contributed by atoms with E-state index in [1.54, 1.807) is 13.2 Å².